The molecule has 0 saturated carbocycles. The smallest absolute Gasteiger partial charge is 0.240 e. The molecular formula is C18H24N2O4S. The third-order valence-electron chi connectivity index (χ3n) is 3.64. The Balaban J connectivity index is 2.06. The number of hydrogen-bond donors (Lipinski definition) is 2. The number of nitrogens with two attached hydrogens (primary N) is 1. The van der Waals surface area contributed by atoms with Gasteiger partial charge in [0.15, 0.2) is 11.5 Å². The fraction of sp³-hybridized carbons (Fsp3) is 0.333. The molecule has 6 nitrogen and oxygen atoms in total. The average molecular weight is 364 g/mol. The van der Waals surface area contributed by atoms with Crippen LogP contribution in [0.4, 0.5) is 5.69 Å². The lowest BCUT2D eigenvalue weighted by molar-refractivity contribution is 0.288. The first-order valence-corrected chi connectivity index (χ1v) is 9.59. The van der Waals surface area contributed by atoms with Gasteiger partial charge in [-0.1, -0.05) is 19.4 Å². The molecule has 0 spiro atoms. The Bertz CT molecular complexity index is 789. The topological polar surface area (TPSA) is 90.7 Å². The summed E-state index contributed by atoms with van der Waals surface area (Å²) in [5.41, 5.74) is 6.88. The van der Waals surface area contributed by atoms with E-state index in [2.05, 4.69) is 11.6 Å². The minimum absolute atomic E-state index is 0.151. The van der Waals surface area contributed by atoms with Crippen LogP contribution in [0.25, 0.3) is 0 Å². The molecular weight excluding hydrogens is 340 g/mol. The van der Waals surface area contributed by atoms with E-state index in [1.807, 2.05) is 6.07 Å². The van der Waals surface area contributed by atoms with E-state index in [0.29, 0.717) is 23.8 Å². The number of nitrogens with one attached hydrogen (secondary N) is 1. The number of nitrogen functional groups attached to an aromatic ring is 1. The highest BCUT2D eigenvalue weighted by Gasteiger charge is 2.14. The van der Waals surface area contributed by atoms with Gasteiger partial charge in [0.25, 0.3) is 0 Å². The van der Waals surface area contributed by atoms with Gasteiger partial charge in [0.2, 0.25) is 10.0 Å². The van der Waals surface area contributed by atoms with Crippen molar-refractivity contribution in [1.29, 1.82) is 0 Å². The van der Waals surface area contributed by atoms with Gasteiger partial charge >= 0.3 is 0 Å². The number of ether oxygens (including phenoxy) is 2. The first-order valence-electron chi connectivity index (χ1n) is 8.11. The zero-order valence-electron chi connectivity index (χ0n) is 14.5. The fourth-order valence-electron chi connectivity index (χ4n) is 2.18. The van der Waals surface area contributed by atoms with Crippen molar-refractivity contribution in [3.05, 3.63) is 48.0 Å². The van der Waals surface area contributed by atoms with Crippen molar-refractivity contribution in [1.82, 2.24) is 4.72 Å². The molecule has 0 atom stereocenters. The summed E-state index contributed by atoms with van der Waals surface area (Å²) in [7, 11) is -2.04. The van der Waals surface area contributed by atoms with Crippen molar-refractivity contribution < 1.29 is 17.9 Å². The van der Waals surface area contributed by atoms with Crippen LogP contribution in [0.2, 0.25) is 0 Å². The Morgan fingerprint density at radius 1 is 1.08 bits per heavy atom. The number of anilines is 1. The Labute approximate surface area is 149 Å². The maximum absolute atomic E-state index is 12.3. The number of sulfonamides is 1. The second-order valence-electron chi connectivity index (χ2n) is 5.58. The van der Waals surface area contributed by atoms with Gasteiger partial charge in [-0.15, -0.1) is 0 Å². The minimum atomic E-state index is -3.60. The summed E-state index contributed by atoms with van der Waals surface area (Å²) in [6.07, 6.45) is 2.01. The highest BCUT2D eigenvalue weighted by molar-refractivity contribution is 7.89. The SMILES string of the molecule is CCCCOc1ccc(CNS(=O)(=O)c2ccc(N)cc2)cc1OC. The van der Waals surface area contributed by atoms with Crippen LogP contribution in [-0.2, 0) is 16.6 Å². The molecule has 0 aliphatic rings. The molecule has 0 saturated heterocycles. The van der Waals surface area contributed by atoms with Gasteiger partial charge in [0, 0.05) is 12.2 Å². The monoisotopic (exact) mass is 364 g/mol. The first kappa shape index (κ1) is 19.1. The Morgan fingerprint density at radius 3 is 2.44 bits per heavy atom. The Hall–Kier alpha value is -2.25. The molecule has 0 amide bonds. The summed E-state index contributed by atoms with van der Waals surface area (Å²) in [5, 5.41) is 0. The predicted octanol–water partition coefficient (Wildman–Crippen LogP) is 2.93. The minimum Gasteiger partial charge on any atom is -0.493 e. The van der Waals surface area contributed by atoms with Gasteiger partial charge in [-0.05, 0) is 48.4 Å². The van der Waals surface area contributed by atoms with Crippen LogP contribution in [-0.4, -0.2) is 22.1 Å². The second-order valence-corrected chi connectivity index (χ2v) is 7.35. The zero-order chi connectivity index (χ0) is 18.3. The molecule has 0 fully saturated rings. The van der Waals surface area contributed by atoms with Gasteiger partial charge < -0.3 is 15.2 Å². The van der Waals surface area contributed by atoms with E-state index < -0.39 is 10.0 Å². The molecule has 0 radical (unpaired) electrons. The van der Waals surface area contributed by atoms with E-state index in [4.69, 9.17) is 15.2 Å². The number of hydrogen-bond acceptors (Lipinski definition) is 5. The quantitative estimate of drug-likeness (QED) is 0.527. The molecule has 25 heavy (non-hydrogen) atoms. The molecule has 0 unspecified atom stereocenters. The summed E-state index contributed by atoms with van der Waals surface area (Å²) >= 11 is 0. The van der Waals surface area contributed by atoms with E-state index in [1.54, 1.807) is 31.4 Å². The van der Waals surface area contributed by atoms with Crippen molar-refractivity contribution >= 4 is 15.7 Å². The van der Waals surface area contributed by atoms with E-state index in [0.717, 1.165) is 18.4 Å². The molecule has 2 aromatic carbocycles. The van der Waals surface area contributed by atoms with E-state index in [1.165, 1.54) is 12.1 Å². The van der Waals surface area contributed by atoms with Crippen molar-refractivity contribution in [3.63, 3.8) is 0 Å². The van der Waals surface area contributed by atoms with Crippen LogP contribution in [0.3, 0.4) is 0 Å². The van der Waals surface area contributed by atoms with Crippen LogP contribution < -0.4 is 19.9 Å². The summed E-state index contributed by atoms with van der Waals surface area (Å²) in [6, 6.07) is 11.4. The molecule has 0 bridgehead atoms. The highest BCUT2D eigenvalue weighted by atomic mass is 32.2. The van der Waals surface area contributed by atoms with E-state index in [-0.39, 0.29) is 11.4 Å². The molecule has 3 N–H and O–H groups in total. The molecule has 7 heteroatoms. The largest absolute Gasteiger partial charge is 0.493 e. The lowest BCUT2D eigenvalue weighted by Gasteiger charge is -2.12. The lowest BCUT2D eigenvalue weighted by Crippen LogP contribution is -2.23. The van der Waals surface area contributed by atoms with Crippen molar-refractivity contribution in [3.8, 4) is 11.5 Å². The number of benzene rings is 2. The van der Waals surface area contributed by atoms with Gasteiger partial charge in [0.1, 0.15) is 0 Å². The molecule has 136 valence electrons. The Morgan fingerprint density at radius 2 is 1.80 bits per heavy atom. The van der Waals surface area contributed by atoms with Crippen LogP contribution in [0.15, 0.2) is 47.4 Å². The predicted molar refractivity (Wildman–Crippen MR) is 98.3 cm³/mol. The van der Waals surface area contributed by atoms with Gasteiger partial charge in [0.05, 0.1) is 18.6 Å². The normalized spacial score (nSPS) is 11.3. The summed E-state index contributed by atoms with van der Waals surface area (Å²) in [5.74, 6) is 1.24. The Kier molecular flexibility index (Phi) is 6.66. The number of methoxy groups -OCH3 is 1. The van der Waals surface area contributed by atoms with E-state index >= 15 is 0 Å². The molecule has 0 aliphatic heterocycles. The van der Waals surface area contributed by atoms with Crippen molar-refractivity contribution in [2.24, 2.45) is 0 Å². The maximum atomic E-state index is 12.3. The summed E-state index contributed by atoms with van der Waals surface area (Å²) in [4.78, 5) is 0.174. The second kappa shape index (κ2) is 8.73. The third kappa shape index (κ3) is 5.37. The average Bonchev–Trinajstić information content (AvgIpc) is 2.61. The zero-order valence-corrected chi connectivity index (χ0v) is 15.3. The molecule has 0 aromatic heterocycles. The maximum Gasteiger partial charge on any atom is 0.240 e. The molecule has 0 heterocycles. The molecule has 2 aromatic rings. The fourth-order valence-corrected chi connectivity index (χ4v) is 3.19. The lowest BCUT2D eigenvalue weighted by atomic mass is 10.2. The third-order valence-corrected chi connectivity index (χ3v) is 5.06. The molecule has 2 rings (SSSR count). The highest BCUT2D eigenvalue weighted by Crippen LogP contribution is 2.28. The van der Waals surface area contributed by atoms with Crippen LogP contribution in [0, 0.1) is 0 Å². The van der Waals surface area contributed by atoms with Gasteiger partial charge in [-0.2, -0.15) is 0 Å². The first-order chi connectivity index (χ1) is 12.0. The standard InChI is InChI=1S/C18H24N2O4S/c1-3-4-11-24-17-10-5-14(12-18(17)23-2)13-20-25(21,22)16-8-6-15(19)7-9-16/h5-10,12,20H,3-4,11,13,19H2,1-2H3. The van der Waals surface area contributed by atoms with Crippen molar-refractivity contribution in [2.75, 3.05) is 19.5 Å². The summed E-state index contributed by atoms with van der Waals surface area (Å²) in [6.45, 7) is 2.87. The van der Waals surface area contributed by atoms with Crippen LogP contribution >= 0.6 is 0 Å². The van der Waals surface area contributed by atoms with E-state index in [9.17, 15) is 8.42 Å². The van der Waals surface area contributed by atoms with Crippen LogP contribution in [0.5, 0.6) is 11.5 Å². The van der Waals surface area contributed by atoms with Gasteiger partial charge in [-0.3, -0.25) is 0 Å². The van der Waals surface area contributed by atoms with Crippen LogP contribution in [0.1, 0.15) is 25.3 Å². The number of rotatable bonds is 9. The van der Waals surface area contributed by atoms with Gasteiger partial charge in [-0.25, -0.2) is 13.1 Å². The van der Waals surface area contributed by atoms with Crippen molar-refractivity contribution in [2.45, 2.75) is 31.2 Å². The molecule has 0 aliphatic carbocycles. The number of unbranched alkanes of at least 4 members (excludes halogenated alkanes) is 1. The summed E-state index contributed by atoms with van der Waals surface area (Å²) < 4.78 is 38.2.